The minimum atomic E-state index is -2.75. The molecular weight excluding hydrogens is 336 g/mol. The zero-order valence-corrected chi connectivity index (χ0v) is 13.7. The van der Waals surface area contributed by atoms with Crippen molar-refractivity contribution < 1.29 is 33.0 Å². The molecule has 2 aliphatic rings. The molecule has 1 aliphatic carbocycles. The molecule has 1 fully saturated rings. The Hall–Kier alpha value is -2.22. The Balaban J connectivity index is 1.95. The van der Waals surface area contributed by atoms with E-state index in [4.69, 9.17) is 9.47 Å². The van der Waals surface area contributed by atoms with E-state index in [9.17, 15) is 23.5 Å². The third kappa shape index (κ3) is 3.18. The number of fused-ring (bicyclic) bond motifs is 1. The number of carbonyl (C=O) groups is 2. The highest BCUT2D eigenvalue weighted by atomic mass is 19.3. The van der Waals surface area contributed by atoms with E-state index in [0.717, 1.165) is 0 Å². The van der Waals surface area contributed by atoms with E-state index in [0.29, 0.717) is 5.56 Å². The lowest BCUT2D eigenvalue weighted by atomic mass is 9.90. The number of alkyl halides is 2. The summed E-state index contributed by atoms with van der Waals surface area (Å²) in [6, 6.07) is 3.00. The number of hydrogen-bond acceptors (Lipinski definition) is 4. The summed E-state index contributed by atoms with van der Waals surface area (Å²) in [5.74, 6) is -4.20. The molecule has 1 saturated carbocycles. The van der Waals surface area contributed by atoms with E-state index in [-0.39, 0.29) is 43.8 Å². The summed E-state index contributed by atoms with van der Waals surface area (Å²) >= 11 is 0. The number of methoxy groups -OCH3 is 1. The van der Waals surface area contributed by atoms with Crippen LogP contribution < -0.4 is 4.74 Å². The van der Waals surface area contributed by atoms with E-state index in [1.807, 2.05) is 0 Å². The van der Waals surface area contributed by atoms with Crippen molar-refractivity contribution in [1.29, 1.82) is 0 Å². The first kappa shape index (κ1) is 17.6. The first-order chi connectivity index (χ1) is 11.9. The van der Waals surface area contributed by atoms with Crippen LogP contribution in [0, 0.1) is 0 Å². The number of carbonyl (C=O) groups excluding carboxylic acids is 1. The van der Waals surface area contributed by atoms with Crippen LogP contribution in [-0.4, -0.2) is 47.8 Å². The maximum absolute atomic E-state index is 13.4. The molecule has 1 heterocycles. The average Bonchev–Trinajstić information content (AvgIpc) is 2.87. The van der Waals surface area contributed by atoms with E-state index in [2.05, 4.69) is 0 Å². The van der Waals surface area contributed by atoms with Gasteiger partial charge in [-0.15, -0.1) is 0 Å². The van der Waals surface area contributed by atoms with E-state index in [1.165, 1.54) is 12.0 Å². The van der Waals surface area contributed by atoms with Crippen molar-refractivity contribution in [3.05, 3.63) is 29.3 Å². The Kier molecular flexibility index (Phi) is 4.64. The summed E-state index contributed by atoms with van der Waals surface area (Å²) < 4.78 is 37.1. The van der Waals surface area contributed by atoms with Crippen molar-refractivity contribution in [1.82, 2.24) is 4.90 Å². The van der Waals surface area contributed by atoms with Gasteiger partial charge in [-0.05, 0) is 18.9 Å². The molecule has 136 valence electrons. The number of carboxylic acid groups (broad SMARTS) is 1. The molecule has 1 amide bonds. The number of nitrogens with zero attached hydrogens (tertiary/aromatic N) is 1. The second kappa shape index (κ2) is 6.59. The smallest absolute Gasteiger partial charge is 0.331 e. The Morgan fingerprint density at radius 1 is 1.36 bits per heavy atom. The number of benzene rings is 1. The number of amides is 1. The molecule has 25 heavy (non-hydrogen) atoms. The van der Waals surface area contributed by atoms with Crippen LogP contribution in [0.15, 0.2) is 18.2 Å². The Labute approximate surface area is 143 Å². The standard InChI is InChI=1S/C17H19F2NO5/c1-24-9-25-12-4-2-3-11-13(12)15(21)20(14(11)16(22)23)10-5-7-17(18,19)8-6-10/h2-4,10,14H,5-9H2,1H3,(H,22,23). The number of carboxylic acids is 1. The fourth-order valence-corrected chi connectivity index (χ4v) is 3.58. The normalized spacial score (nSPS) is 22.8. The molecule has 1 atom stereocenters. The second-order valence-electron chi connectivity index (χ2n) is 6.31. The van der Waals surface area contributed by atoms with Gasteiger partial charge in [0.05, 0.1) is 5.56 Å². The Morgan fingerprint density at radius 3 is 2.64 bits per heavy atom. The molecule has 8 heteroatoms. The van der Waals surface area contributed by atoms with Crippen molar-refractivity contribution in [2.24, 2.45) is 0 Å². The van der Waals surface area contributed by atoms with Gasteiger partial charge in [-0.25, -0.2) is 13.6 Å². The SMILES string of the molecule is COCOc1cccc2c1C(=O)N(C1CCC(F)(F)CC1)C2C(=O)O. The third-order valence-electron chi connectivity index (χ3n) is 4.73. The van der Waals surface area contributed by atoms with Gasteiger partial charge in [0.2, 0.25) is 5.92 Å². The molecule has 1 aromatic carbocycles. The lowest BCUT2D eigenvalue weighted by molar-refractivity contribution is -0.143. The predicted octanol–water partition coefficient (Wildman–Crippen LogP) is 2.83. The summed E-state index contributed by atoms with van der Waals surface area (Å²) in [4.78, 5) is 25.9. The van der Waals surface area contributed by atoms with Gasteiger partial charge in [-0.3, -0.25) is 4.79 Å². The highest BCUT2D eigenvalue weighted by molar-refractivity contribution is 6.05. The molecule has 0 saturated heterocycles. The van der Waals surface area contributed by atoms with Crippen LogP contribution in [0.3, 0.4) is 0 Å². The molecule has 0 aromatic heterocycles. The lowest BCUT2D eigenvalue weighted by Crippen LogP contribution is -2.44. The van der Waals surface area contributed by atoms with Gasteiger partial charge in [-0.1, -0.05) is 12.1 Å². The molecule has 0 bridgehead atoms. The van der Waals surface area contributed by atoms with E-state index >= 15 is 0 Å². The molecule has 1 unspecified atom stereocenters. The van der Waals surface area contributed by atoms with Crippen LogP contribution >= 0.6 is 0 Å². The minimum Gasteiger partial charge on any atom is -0.479 e. The minimum absolute atomic E-state index is 0.0742. The lowest BCUT2D eigenvalue weighted by Gasteiger charge is -2.36. The first-order valence-electron chi connectivity index (χ1n) is 8.03. The van der Waals surface area contributed by atoms with Crippen LogP contribution in [0.5, 0.6) is 5.75 Å². The van der Waals surface area contributed by atoms with Crippen LogP contribution in [0.4, 0.5) is 8.78 Å². The largest absolute Gasteiger partial charge is 0.479 e. The Bertz CT molecular complexity index is 684. The number of hydrogen-bond donors (Lipinski definition) is 1. The Morgan fingerprint density at radius 2 is 2.04 bits per heavy atom. The quantitative estimate of drug-likeness (QED) is 0.822. The summed E-state index contributed by atoms with van der Waals surface area (Å²) in [7, 11) is 1.43. The molecule has 6 nitrogen and oxygen atoms in total. The van der Waals surface area contributed by atoms with Gasteiger partial charge in [0, 0.05) is 31.6 Å². The number of rotatable bonds is 5. The van der Waals surface area contributed by atoms with Crippen molar-refractivity contribution in [3.63, 3.8) is 0 Å². The summed E-state index contributed by atoms with van der Waals surface area (Å²) in [6.07, 6.45) is -0.552. The highest BCUT2D eigenvalue weighted by Crippen LogP contribution is 2.44. The van der Waals surface area contributed by atoms with Gasteiger partial charge < -0.3 is 19.5 Å². The van der Waals surface area contributed by atoms with Crippen LogP contribution in [-0.2, 0) is 9.53 Å². The molecule has 3 rings (SSSR count). The fraction of sp³-hybridized carbons (Fsp3) is 0.529. The third-order valence-corrected chi connectivity index (χ3v) is 4.73. The van der Waals surface area contributed by atoms with Crippen LogP contribution in [0.2, 0.25) is 0 Å². The van der Waals surface area contributed by atoms with E-state index < -0.39 is 29.9 Å². The molecule has 1 N–H and O–H groups in total. The van der Waals surface area contributed by atoms with Gasteiger partial charge in [-0.2, -0.15) is 0 Å². The molecule has 0 radical (unpaired) electrons. The molecular formula is C17H19F2NO5. The maximum Gasteiger partial charge on any atom is 0.331 e. The fourth-order valence-electron chi connectivity index (χ4n) is 3.58. The number of ether oxygens (including phenoxy) is 2. The average molecular weight is 355 g/mol. The maximum atomic E-state index is 13.4. The van der Waals surface area contributed by atoms with Gasteiger partial charge in [0.25, 0.3) is 5.91 Å². The van der Waals surface area contributed by atoms with E-state index in [1.54, 1.807) is 18.2 Å². The summed E-state index contributed by atoms with van der Waals surface area (Å²) in [5.41, 5.74) is 0.493. The van der Waals surface area contributed by atoms with Gasteiger partial charge in [0.1, 0.15) is 5.75 Å². The predicted molar refractivity (Wildman–Crippen MR) is 82.7 cm³/mol. The van der Waals surface area contributed by atoms with Crippen molar-refractivity contribution in [2.75, 3.05) is 13.9 Å². The van der Waals surface area contributed by atoms with Crippen molar-refractivity contribution in [2.45, 2.75) is 43.7 Å². The first-order valence-corrected chi connectivity index (χ1v) is 8.03. The molecule has 1 aliphatic heterocycles. The van der Waals surface area contributed by atoms with Crippen molar-refractivity contribution in [3.8, 4) is 5.75 Å². The van der Waals surface area contributed by atoms with Crippen LogP contribution in [0.1, 0.15) is 47.6 Å². The zero-order valence-electron chi connectivity index (χ0n) is 13.7. The van der Waals surface area contributed by atoms with Gasteiger partial charge >= 0.3 is 5.97 Å². The summed E-state index contributed by atoms with van der Waals surface area (Å²) in [5, 5.41) is 9.64. The van der Waals surface area contributed by atoms with Crippen LogP contribution in [0.25, 0.3) is 0 Å². The molecule has 1 aromatic rings. The highest BCUT2D eigenvalue weighted by Gasteiger charge is 2.48. The van der Waals surface area contributed by atoms with Gasteiger partial charge in [0.15, 0.2) is 12.8 Å². The monoisotopic (exact) mass is 355 g/mol. The number of halogens is 2. The topological polar surface area (TPSA) is 76.1 Å². The summed E-state index contributed by atoms with van der Waals surface area (Å²) in [6.45, 7) is -0.0862. The second-order valence-corrected chi connectivity index (χ2v) is 6.31. The number of aliphatic carboxylic acids is 1. The van der Waals surface area contributed by atoms with Crippen molar-refractivity contribution >= 4 is 11.9 Å². The molecule has 0 spiro atoms. The zero-order chi connectivity index (χ0) is 18.2.